The predicted molar refractivity (Wildman–Crippen MR) is 117 cm³/mol. The Morgan fingerprint density at radius 3 is 2.55 bits per heavy atom. The molecule has 10 nitrogen and oxygen atoms in total. The molecule has 0 saturated heterocycles. The number of carbonyl (C=O) groups excluding carboxylic acids is 3. The lowest BCUT2D eigenvalue weighted by molar-refractivity contribution is -0.108. The maximum atomic E-state index is 13.0. The Morgan fingerprint density at radius 1 is 1.12 bits per heavy atom. The first kappa shape index (κ1) is 21.8. The molecule has 4 amide bonds. The Labute approximate surface area is 189 Å². The van der Waals surface area contributed by atoms with Crippen LogP contribution in [0.15, 0.2) is 61.2 Å². The van der Waals surface area contributed by atoms with E-state index in [2.05, 4.69) is 20.6 Å². The molecule has 10 heteroatoms. The Morgan fingerprint density at radius 2 is 1.85 bits per heavy atom. The average Bonchev–Trinajstić information content (AvgIpc) is 3.14. The number of amides is 4. The fraction of sp³-hybridized carbons (Fsp3) is 0.174. The van der Waals surface area contributed by atoms with Gasteiger partial charge < -0.3 is 19.7 Å². The lowest BCUT2D eigenvalue weighted by Crippen LogP contribution is -2.42. The Balaban J connectivity index is 1.52. The van der Waals surface area contributed by atoms with E-state index < -0.39 is 12.1 Å². The number of benzene rings is 2. The summed E-state index contributed by atoms with van der Waals surface area (Å²) in [7, 11) is 1.54. The molecule has 1 aliphatic heterocycles. The third-order valence-corrected chi connectivity index (χ3v) is 5.15. The summed E-state index contributed by atoms with van der Waals surface area (Å²) in [5, 5.41) is 4.81. The maximum absolute atomic E-state index is 13.0. The molecule has 4 rings (SSSR count). The van der Waals surface area contributed by atoms with E-state index in [0.717, 1.165) is 11.1 Å². The molecule has 0 spiro atoms. The lowest BCUT2D eigenvalue weighted by atomic mass is 10.1. The van der Waals surface area contributed by atoms with Crippen molar-refractivity contribution in [3.05, 3.63) is 77.9 Å². The summed E-state index contributed by atoms with van der Waals surface area (Å²) in [4.78, 5) is 45.2. The van der Waals surface area contributed by atoms with Crippen molar-refractivity contribution in [2.24, 2.45) is 0 Å². The van der Waals surface area contributed by atoms with Gasteiger partial charge in [-0.2, -0.15) is 0 Å². The number of hydrogen-bond acceptors (Lipinski definition) is 7. The Bertz CT molecular complexity index is 1150. The first-order valence-electron chi connectivity index (χ1n) is 10.1. The third kappa shape index (κ3) is 5.06. The number of fused-ring (bicyclic) bond motifs is 1. The van der Waals surface area contributed by atoms with Gasteiger partial charge in [-0.25, -0.2) is 14.8 Å². The number of nitrogens with zero attached hydrogens (tertiary/aromatic N) is 3. The Kier molecular flexibility index (Phi) is 6.44. The van der Waals surface area contributed by atoms with Gasteiger partial charge in [0.1, 0.15) is 17.8 Å². The van der Waals surface area contributed by atoms with Gasteiger partial charge >= 0.3 is 6.03 Å². The molecule has 0 bridgehead atoms. The number of nitrogens with one attached hydrogen (secondary N) is 2. The van der Waals surface area contributed by atoms with Crippen molar-refractivity contribution in [1.82, 2.24) is 25.5 Å². The van der Waals surface area contributed by atoms with Gasteiger partial charge in [0.25, 0.3) is 5.91 Å². The fourth-order valence-corrected chi connectivity index (χ4v) is 3.57. The van der Waals surface area contributed by atoms with Crippen molar-refractivity contribution >= 4 is 18.3 Å². The average molecular weight is 447 g/mol. The van der Waals surface area contributed by atoms with Gasteiger partial charge in [0.15, 0.2) is 5.75 Å². The van der Waals surface area contributed by atoms with E-state index in [1.807, 2.05) is 6.07 Å². The van der Waals surface area contributed by atoms with Gasteiger partial charge in [0.2, 0.25) is 6.41 Å². The summed E-state index contributed by atoms with van der Waals surface area (Å²) in [5.74, 6) is 1.49. The van der Waals surface area contributed by atoms with E-state index in [4.69, 9.17) is 9.47 Å². The van der Waals surface area contributed by atoms with Crippen molar-refractivity contribution in [3.8, 4) is 17.2 Å². The van der Waals surface area contributed by atoms with Crippen molar-refractivity contribution in [2.75, 3.05) is 13.7 Å². The molecule has 1 atom stereocenters. The molecule has 1 aromatic heterocycles. The summed E-state index contributed by atoms with van der Waals surface area (Å²) in [6.07, 6.45) is 4.79. The zero-order valence-electron chi connectivity index (χ0n) is 17.7. The number of carbonyl (C=O) groups is 3. The number of aromatic nitrogens is 2. The van der Waals surface area contributed by atoms with Crippen molar-refractivity contribution in [3.63, 3.8) is 0 Å². The zero-order chi connectivity index (χ0) is 23.2. The standard InChI is InChI=1S/C23H21N5O5/c1-32-18-7-4-16-11-28(22(30)20(16)8-18)12-21(27-23(31)26-14-29)15-2-5-17(6-3-15)33-19-9-24-13-25-10-19/h2-10,13-14,21H,11-12H2,1H3,(H2,26,27,29,31)/t21-/m0/s1. The van der Waals surface area contributed by atoms with Crippen LogP contribution in [-0.4, -0.2) is 46.9 Å². The summed E-state index contributed by atoms with van der Waals surface area (Å²) >= 11 is 0. The number of urea groups is 1. The van der Waals surface area contributed by atoms with Crippen LogP contribution in [0.25, 0.3) is 0 Å². The first-order chi connectivity index (χ1) is 16.1. The van der Waals surface area contributed by atoms with E-state index in [9.17, 15) is 14.4 Å². The SMILES string of the molecule is COc1ccc2c(c1)C(=O)N(C[C@H](NC(=O)NC=O)c1ccc(Oc3cncnc3)cc1)C2. The molecule has 168 valence electrons. The smallest absolute Gasteiger partial charge is 0.321 e. The van der Waals surface area contributed by atoms with Crippen LogP contribution < -0.4 is 20.1 Å². The van der Waals surface area contributed by atoms with E-state index in [1.165, 1.54) is 6.33 Å². The van der Waals surface area contributed by atoms with Gasteiger partial charge in [-0.1, -0.05) is 18.2 Å². The highest BCUT2D eigenvalue weighted by molar-refractivity contribution is 5.98. The monoisotopic (exact) mass is 447 g/mol. The number of methoxy groups -OCH3 is 1. The minimum atomic E-state index is -0.664. The van der Waals surface area contributed by atoms with Crippen LogP contribution in [0.5, 0.6) is 17.2 Å². The predicted octanol–water partition coefficient (Wildman–Crippen LogP) is 2.43. The van der Waals surface area contributed by atoms with E-state index >= 15 is 0 Å². The van der Waals surface area contributed by atoms with Crippen molar-refractivity contribution in [1.29, 1.82) is 0 Å². The molecular formula is C23H21N5O5. The Hall–Kier alpha value is -4.47. The largest absolute Gasteiger partial charge is 0.497 e. The van der Waals surface area contributed by atoms with E-state index in [1.54, 1.807) is 60.8 Å². The van der Waals surface area contributed by atoms with Gasteiger partial charge in [-0.3, -0.25) is 14.9 Å². The normalized spacial score (nSPS) is 13.1. The highest BCUT2D eigenvalue weighted by Gasteiger charge is 2.30. The highest BCUT2D eigenvalue weighted by Crippen LogP contribution is 2.29. The maximum Gasteiger partial charge on any atom is 0.321 e. The molecule has 33 heavy (non-hydrogen) atoms. The number of imide groups is 1. The van der Waals surface area contributed by atoms with E-state index in [0.29, 0.717) is 35.8 Å². The molecule has 0 aliphatic carbocycles. The first-order valence-corrected chi connectivity index (χ1v) is 10.1. The van der Waals surface area contributed by atoms with E-state index in [-0.39, 0.29) is 12.5 Å². The van der Waals surface area contributed by atoms with Crippen LogP contribution in [0, 0.1) is 0 Å². The van der Waals surface area contributed by atoms with Gasteiger partial charge in [0, 0.05) is 18.7 Å². The van der Waals surface area contributed by atoms with Crippen LogP contribution in [0.2, 0.25) is 0 Å². The molecule has 2 N–H and O–H groups in total. The molecule has 3 aromatic rings. The van der Waals surface area contributed by atoms with Crippen LogP contribution in [-0.2, 0) is 11.3 Å². The zero-order valence-corrected chi connectivity index (χ0v) is 17.7. The lowest BCUT2D eigenvalue weighted by Gasteiger charge is -2.25. The molecule has 0 saturated carbocycles. The molecule has 2 aromatic carbocycles. The van der Waals surface area contributed by atoms with Crippen LogP contribution in [0.3, 0.4) is 0 Å². The van der Waals surface area contributed by atoms with Crippen LogP contribution in [0.4, 0.5) is 4.79 Å². The molecule has 0 radical (unpaired) electrons. The molecule has 2 heterocycles. The third-order valence-electron chi connectivity index (χ3n) is 5.15. The second kappa shape index (κ2) is 9.77. The molecular weight excluding hydrogens is 426 g/mol. The summed E-state index contributed by atoms with van der Waals surface area (Å²) in [6.45, 7) is 0.607. The highest BCUT2D eigenvalue weighted by atomic mass is 16.5. The second-order valence-corrected chi connectivity index (χ2v) is 7.24. The van der Waals surface area contributed by atoms with Crippen LogP contribution >= 0.6 is 0 Å². The topological polar surface area (TPSA) is 123 Å². The molecule has 0 fully saturated rings. The molecule has 0 unspecified atom stereocenters. The number of ether oxygens (including phenoxy) is 2. The second-order valence-electron chi connectivity index (χ2n) is 7.24. The van der Waals surface area contributed by atoms with Crippen LogP contribution in [0.1, 0.15) is 27.5 Å². The number of hydrogen-bond donors (Lipinski definition) is 2. The summed E-state index contributed by atoms with van der Waals surface area (Å²) in [6, 6.07) is 11.2. The quantitative estimate of drug-likeness (QED) is 0.509. The van der Waals surface area contributed by atoms with Crippen molar-refractivity contribution in [2.45, 2.75) is 12.6 Å². The van der Waals surface area contributed by atoms with Gasteiger partial charge in [-0.15, -0.1) is 0 Å². The summed E-state index contributed by atoms with van der Waals surface area (Å²) in [5.41, 5.74) is 2.18. The van der Waals surface area contributed by atoms with Gasteiger partial charge in [-0.05, 0) is 35.4 Å². The fourth-order valence-electron chi connectivity index (χ4n) is 3.57. The molecule has 1 aliphatic rings. The minimum Gasteiger partial charge on any atom is -0.497 e. The minimum absolute atomic E-state index is 0.157. The number of rotatable bonds is 8. The summed E-state index contributed by atoms with van der Waals surface area (Å²) < 4.78 is 10.9. The van der Waals surface area contributed by atoms with Gasteiger partial charge in [0.05, 0.1) is 25.5 Å². The van der Waals surface area contributed by atoms with Crippen molar-refractivity contribution < 1.29 is 23.9 Å².